The van der Waals surface area contributed by atoms with E-state index >= 15 is 0 Å². The number of likely N-dealkylation sites (N-methyl/N-ethyl adjacent to an activating group) is 1. The van der Waals surface area contributed by atoms with Crippen LogP contribution in [-0.2, 0) is 10.0 Å². The Labute approximate surface area is 160 Å². The predicted molar refractivity (Wildman–Crippen MR) is 107 cm³/mol. The highest BCUT2D eigenvalue weighted by Gasteiger charge is 2.24. The van der Waals surface area contributed by atoms with Gasteiger partial charge < -0.3 is 10.2 Å². The molecule has 0 bridgehead atoms. The zero-order chi connectivity index (χ0) is 19.6. The lowest BCUT2D eigenvalue weighted by Gasteiger charge is -2.23. The number of sulfonamides is 1. The van der Waals surface area contributed by atoms with Crippen LogP contribution in [0.25, 0.3) is 0 Å². The van der Waals surface area contributed by atoms with Crippen molar-refractivity contribution in [3.05, 3.63) is 59.2 Å². The Balaban J connectivity index is 1.75. The van der Waals surface area contributed by atoms with Gasteiger partial charge in [0.25, 0.3) is 15.9 Å². The van der Waals surface area contributed by atoms with Gasteiger partial charge in [-0.1, -0.05) is 6.07 Å². The van der Waals surface area contributed by atoms with Gasteiger partial charge in [0.15, 0.2) is 0 Å². The largest absolute Gasteiger partial charge is 0.337 e. The minimum absolute atomic E-state index is 0.102. The van der Waals surface area contributed by atoms with Crippen LogP contribution < -0.4 is 10.0 Å². The van der Waals surface area contributed by atoms with E-state index in [-0.39, 0.29) is 16.8 Å². The maximum atomic E-state index is 12.6. The van der Waals surface area contributed by atoms with Crippen LogP contribution in [0.4, 0.5) is 5.69 Å². The third kappa shape index (κ3) is 4.31. The van der Waals surface area contributed by atoms with Gasteiger partial charge in [0.1, 0.15) is 0 Å². The van der Waals surface area contributed by atoms with E-state index in [1.54, 1.807) is 36.2 Å². The van der Waals surface area contributed by atoms with E-state index in [1.165, 1.54) is 12.1 Å². The van der Waals surface area contributed by atoms with Crippen molar-refractivity contribution in [3.63, 3.8) is 0 Å². The maximum absolute atomic E-state index is 12.6. The number of hydrogen-bond donors (Lipinski definition) is 2. The summed E-state index contributed by atoms with van der Waals surface area (Å²) >= 11 is 0. The Bertz CT molecular complexity index is 933. The number of anilines is 1. The van der Waals surface area contributed by atoms with Crippen molar-refractivity contribution < 1.29 is 13.2 Å². The van der Waals surface area contributed by atoms with Crippen LogP contribution in [0.15, 0.2) is 47.4 Å². The second kappa shape index (κ2) is 7.70. The number of aryl methyl sites for hydroxylation is 2. The molecular formula is C20H25N3O3S. The van der Waals surface area contributed by atoms with Gasteiger partial charge in [-0.3, -0.25) is 9.52 Å². The van der Waals surface area contributed by atoms with Gasteiger partial charge in [-0.15, -0.1) is 0 Å². The van der Waals surface area contributed by atoms with Crippen molar-refractivity contribution >= 4 is 21.6 Å². The molecule has 0 aromatic heterocycles. The summed E-state index contributed by atoms with van der Waals surface area (Å²) in [5, 5.41) is 3.24. The smallest absolute Gasteiger partial charge is 0.261 e. The second-order valence-electron chi connectivity index (χ2n) is 6.99. The van der Waals surface area contributed by atoms with E-state index in [4.69, 9.17) is 0 Å². The maximum Gasteiger partial charge on any atom is 0.261 e. The highest BCUT2D eigenvalue weighted by atomic mass is 32.2. The van der Waals surface area contributed by atoms with Crippen LogP contribution in [0.1, 0.15) is 27.9 Å². The van der Waals surface area contributed by atoms with Gasteiger partial charge >= 0.3 is 0 Å². The molecule has 1 atom stereocenters. The van der Waals surface area contributed by atoms with Crippen LogP contribution in [0.2, 0.25) is 0 Å². The fourth-order valence-corrected chi connectivity index (χ4v) is 4.18. The van der Waals surface area contributed by atoms with Crippen LogP contribution in [0.3, 0.4) is 0 Å². The number of carbonyl (C=O) groups is 1. The molecule has 1 heterocycles. The molecular weight excluding hydrogens is 362 g/mol. The molecule has 0 saturated carbocycles. The Morgan fingerprint density at radius 2 is 1.81 bits per heavy atom. The number of rotatable bonds is 5. The fourth-order valence-electron chi connectivity index (χ4n) is 3.14. The third-order valence-electron chi connectivity index (χ3n) is 5.07. The topological polar surface area (TPSA) is 78.5 Å². The number of amides is 1. The number of nitrogens with zero attached hydrogens (tertiary/aromatic N) is 1. The lowest BCUT2D eigenvalue weighted by atomic mass is 10.1. The normalized spacial score (nSPS) is 16.9. The second-order valence-corrected chi connectivity index (χ2v) is 8.67. The zero-order valence-corrected chi connectivity index (χ0v) is 16.6. The van der Waals surface area contributed by atoms with E-state index in [9.17, 15) is 13.2 Å². The molecule has 0 aliphatic carbocycles. The monoisotopic (exact) mass is 387 g/mol. The third-order valence-corrected chi connectivity index (χ3v) is 6.47. The molecule has 144 valence electrons. The van der Waals surface area contributed by atoms with Crippen molar-refractivity contribution in [2.45, 2.75) is 31.2 Å². The number of hydrogen-bond acceptors (Lipinski definition) is 4. The van der Waals surface area contributed by atoms with Crippen molar-refractivity contribution in [3.8, 4) is 0 Å². The summed E-state index contributed by atoms with van der Waals surface area (Å²) in [7, 11) is -1.92. The summed E-state index contributed by atoms with van der Waals surface area (Å²) in [5.41, 5.74) is 3.12. The molecule has 7 heteroatoms. The summed E-state index contributed by atoms with van der Waals surface area (Å²) in [6.45, 7) is 5.60. The van der Waals surface area contributed by atoms with Crippen molar-refractivity contribution in [2.75, 3.05) is 24.9 Å². The molecule has 0 spiro atoms. The van der Waals surface area contributed by atoms with E-state index in [2.05, 4.69) is 10.0 Å². The Kier molecular flexibility index (Phi) is 5.53. The SMILES string of the molecule is Cc1ccc(NS(=O)(=O)c2ccc(C(=O)N(C)C3CCNC3)cc2)cc1C. The minimum Gasteiger partial charge on any atom is -0.337 e. The van der Waals surface area contributed by atoms with Gasteiger partial charge in [0, 0.05) is 30.9 Å². The summed E-state index contributed by atoms with van der Waals surface area (Å²) < 4.78 is 27.8. The van der Waals surface area contributed by atoms with E-state index in [0.717, 1.165) is 30.6 Å². The molecule has 27 heavy (non-hydrogen) atoms. The van der Waals surface area contributed by atoms with Crippen molar-refractivity contribution in [2.24, 2.45) is 0 Å². The number of benzene rings is 2. The molecule has 1 fully saturated rings. The van der Waals surface area contributed by atoms with Crippen molar-refractivity contribution in [1.29, 1.82) is 0 Å². The van der Waals surface area contributed by atoms with Gasteiger partial charge in [-0.2, -0.15) is 0 Å². The molecule has 3 rings (SSSR count). The summed E-state index contributed by atoms with van der Waals surface area (Å²) in [4.78, 5) is 14.4. The summed E-state index contributed by atoms with van der Waals surface area (Å²) in [6.07, 6.45) is 0.925. The molecule has 2 aromatic carbocycles. The molecule has 1 saturated heterocycles. The first-order valence-corrected chi connectivity index (χ1v) is 10.4. The Morgan fingerprint density at radius 3 is 2.41 bits per heavy atom. The van der Waals surface area contributed by atoms with Gasteiger partial charge in [0.05, 0.1) is 4.90 Å². The van der Waals surface area contributed by atoms with E-state index < -0.39 is 10.0 Å². The molecule has 6 nitrogen and oxygen atoms in total. The average Bonchev–Trinajstić information content (AvgIpc) is 3.18. The lowest BCUT2D eigenvalue weighted by Crippen LogP contribution is -2.38. The predicted octanol–water partition coefficient (Wildman–Crippen LogP) is 2.54. The molecule has 1 aliphatic rings. The minimum atomic E-state index is -3.71. The molecule has 1 aliphatic heterocycles. The van der Waals surface area contributed by atoms with Gasteiger partial charge in [0.2, 0.25) is 0 Å². The first-order valence-electron chi connectivity index (χ1n) is 8.96. The zero-order valence-electron chi connectivity index (χ0n) is 15.8. The van der Waals surface area contributed by atoms with Gasteiger partial charge in [-0.25, -0.2) is 8.42 Å². The summed E-state index contributed by atoms with van der Waals surface area (Å²) in [5.74, 6) is -0.102. The fraction of sp³-hybridized carbons (Fsp3) is 0.350. The Hall–Kier alpha value is -2.38. The molecule has 2 aromatic rings. The van der Waals surface area contributed by atoms with Crippen LogP contribution in [0, 0.1) is 13.8 Å². The first-order chi connectivity index (χ1) is 12.8. The molecule has 1 amide bonds. The van der Waals surface area contributed by atoms with Crippen LogP contribution in [0.5, 0.6) is 0 Å². The number of nitrogens with one attached hydrogen (secondary N) is 2. The van der Waals surface area contributed by atoms with Gasteiger partial charge in [-0.05, 0) is 74.3 Å². The summed E-state index contributed by atoms with van der Waals surface area (Å²) in [6, 6.07) is 11.7. The Morgan fingerprint density at radius 1 is 1.11 bits per heavy atom. The van der Waals surface area contributed by atoms with E-state index in [0.29, 0.717) is 11.3 Å². The molecule has 0 radical (unpaired) electrons. The highest BCUT2D eigenvalue weighted by Crippen LogP contribution is 2.20. The quantitative estimate of drug-likeness (QED) is 0.826. The average molecular weight is 388 g/mol. The lowest BCUT2D eigenvalue weighted by molar-refractivity contribution is 0.0743. The molecule has 1 unspecified atom stereocenters. The van der Waals surface area contributed by atoms with E-state index in [1.807, 2.05) is 19.9 Å². The van der Waals surface area contributed by atoms with Crippen LogP contribution in [-0.4, -0.2) is 45.4 Å². The van der Waals surface area contributed by atoms with Crippen molar-refractivity contribution in [1.82, 2.24) is 10.2 Å². The molecule has 2 N–H and O–H groups in total. The van der Waals surface area contributed by atoms with Crippen LogP contribution >= 0.6 is 0 Å². The highest BCUT2D eigenvalue weighted by molar-refractivity contribution is 7.92. The standard InChI is InChI=1S/C20H25N3O3S/c1-14-4-7-17(12-15(14)2)22-27(25,26)19-8-5-16(6-9-19)20(24)23(3)18-10-11-21-13-18/h4-9,12,18,21-22H,10-11,13H2,1-3H3. The number of carbonyl (C=O) groups excluding carboxylic acids is 1. The first kappa shape index (κ1) is 19.4.